The molecule has 1 aliphatic rings. The highest BCUT2D eigenvalue weighted by Gasteiger charge is 2.23. The molecule has 3 rings (SSSR count). The highest BCUT2D eigenvalue weighted by Crippen LogP contribution is 2.29. The monoisotopic (exact) mass is 278 g/mol. The van der Waals surface area contributed by atoms with Crippen LogP contribution >= 0.6 is 15.9 Å². The maximum Gasteiger partial charge on any atom is 0.0476 e. The van der Waals surface area contributed by atoms with E-state index in [1.165, 1.54) is 23.0 Å². The van der Waals surface area contributed by atoms with Crippen molar-refractivity contribution in [3.8, 4) is 0 Å². The highest BCUT2D eigenvalue weighted by molar-refractivity contribution is 9.10. The predicted molar refractivity (Wildman–Crippen MR) is 70.5 cm³/mol. The standard InChI is InChI=1S/C13H15BrN2/c1-8-4-12(15-7-8)13-5-9-2-3-10(14)6-11(9)16-13/h2-3,5-6,8,12,15-16H,4,7H2,1H3. The summed E-state index contributed by atoms with van der Waals surface area (Å²) in [6, 6.07) is 9.14. The van der Waals surface area contributed by atoms with Crippen LogP contribution in [0.1, 0.15) is 25.1 Å². The zero-order chi connectivity index (χ0) is 11.1. The molecule has 0 aliphatic carbocycles. The van der Waals surface area contributed by atoms with E-state index in [9.17, 15) is 0 Å². The lowest BCUT2D eigenvalue weighted by atomic mass is 10.1. The summed E-state index contributed by atoms with van der Waals surface area (Å²) in [7, 11) is 0. The lowest BCUT2D eigenvalue weighted by molar-refractivity contribution is 0.602. The van der Waals surface area contributed by atoms with Crippen molar-refractivity contribution in [2.24, 2.45) is 5.92 Å². The van der Waals surface area contributed by atoms with Crippen molar-refractivity contribution in [2.75, 3.05) is 6.54 Å². The predicted octanol–water partition coefficient (Wildman–Crippen LogP) is 3.60. The van der Waals surface area contributed by atoms with Gasteiger partial charge in [-0.05, 0) is 42.5 Å². The van der Waals surface area contributed by atoms with E-state index in [0.717, 1.165) is 16.9 Å². The Morgan fingerprint density at radius 1 is 1.31 bits per heavy atom. The first-order valence-corrected chi connectivity index (χ1v) is 6.53. The van der Waals surface area contributed by atoms with Gasteiger partial charge >= 0.3 is 0 Å². The molecule has 2 N–H and O–H groups in total. The van der Waals surface area contributed by atoms with Gasteiger partial charge < -0.3 is 10.3 Å². The van der Waals surface area contributed by atoms with E-state index in [2.05, 4.69) is 57.4 Å². The Hall–Kier alpha value is -0.800. The van der Waals surface area contributed by atoms with E-state index in [4.69, 9.17) is 0 Å². The molecule has 0 spiro atoms. The molecule has 1 aliphatic heterocycles. The van der Waals surface area contributed by atoms with Gasteiger partial charge in [0.15, 0.2) is 0 Å². The second kappa shape index (κ2) is 3.90. The molecule has 0 saturated carbocycles. The zero-order valence-corrected chi connectivity index (χ0v) is 10.8. The molecule has 1 fully saturated rings. The van der Waals surface area contributed by atoms with Crippen molar-refractivity contribution in [1.82, 2.24) is 10.3 Å². The van der Waals surface area contributed by atoms with Crippen molar-refractivity contribution in [1.29, 1.82) is 0 Å². The normalized spacial score (nSPS) is 25.4. The zero-order valence-electron chi connectivity index (χ0n) is 9.26. The summed E-state index contributed by atoms with van der Waals surface area (Å²) in [6.45, 7) is 3.43. The van der Waals surface area contributed by atoms with Gasteiger partial charge in [0.1, 0.15) is 0 Å². The van der Waals surface area contributed by atoms with E-state index in [0.29, 0.717) is 6.04 Å². The number of halogens is 1. The SMILES string of the molecule is CC1CNC(c2cc3ccc(Br)cc3[nH]2)C1. The molecule has 1 saturated heterocycles. The van der Waals surface area contributed by atoms with Gasteiger partial charge in [-0.1, -0.05) is 28.9 Å². The Kier molecular flexibility index (Phi) is 2.52. The summed E-state index contributed by atoms with van der Waals surface area (Å²) in [5.74, 6) is 0.781. The largest absolute Gasteiger partial charge is 0.357 e. The lowest BCUT2D eigenvalue weighted by Crippen LogP contribution is -2.13. The molecule has 2 unspecified atom stereocenters. The summed E-state index contributed by atoms with van der Waals surface area (Å²) in [5.41, 5.74) is 2.53. The van der Waals surface area contributed by atoms with Crippen LogP contribution < -0.4 is 5.32 Å². The molecule has 1 aromatic carbocycles. The first kappa shape index (κ1) is 10.4. The van der Waals surface area contributed by atoms with Crippen LogP contribution in [0.3, 0.4) is 0 Å². The molecule has 2 atom stereocenters. The number of fused-ring (bicyclic) bond motifs is 1. The maximum atomic E-state index is 3.56. The summed E-state index contributed by atoms with van der Waals surface area (Å²) in [4.78, 5) is 3.51. The van der Waals surface area contributed by atoms with Crippen LogP contribution in [0.25, 0.3) is 10.9 Å². The summed E-state index contributed by atoms with van der Waals surface area (Å²) in [5, 5.41) is 4.85. The second-order valence-electron chi connectivity index (χ2n) is 4.76. The van der Waals surface area contributed by atoms with Gasteiger partial charge in [0.05, 0.1) is 0 Å². The quantitative estimate of drug-likeness (QED) is 0.820. The Morgan fingerprint density at radius 2 is 2.19 bits per heavy atom. The minimum atomic E-state index is 0.501. The average molecular weight is 279 g/mol. The van der Waals surface area contributed by atoms with Gasteiger partial charge in [-0.2, -0.15) is 0 Å². The Labute approximate surface area is 104 Å². The van der Waals surface area contributed by atoms with Crippen LogP contribution in [-0.4, -0.2) is 11.5 Å². The Balaban J connectivity index is 1.99. The van der Waals surface area contributed by atoms with Crippen molar-refractivity contribution in [3.05, 3.63) is 34.4 Å². The van der Waals surface area contributed by atoms with E-state index in [1.807, 2.05) is 0 Å². The molecule has 1 aromatic heterocycles. The average Bonchev–Trinajstić information content (AvgIpc) is 2.83. The lowest BCUT2D eigenvalue weighted by Gasteiger charge is -2.06. The third kappa shape index (κ3) is 1.78. The maximum absolute atomic E-state index is 3.56. The van der Waals surface area contributed by atoms with E-state index >= 15 is 0 Å². The molecule has 0 bridgehead atoms. The number of rotatable bonds is 1. The van der Waals surface area contributed by atoms with Gasteiger partial charge in [0, 0.05) is 21.7 Å². The van der Waals surface area contributed by atoms with Crippen LogP contribution in [0.2, 0.25) is 0 Å². The van der Waals surface area contributed by atoms with Gasteiger partial charge in [0.2, 0.25) is 0 Å². The third-order valence-corrected chi connectivity index (χ3v) is 3.82. The fourth-order valence-corrected chi connectivity index (χ4v) is 2.82. The van der Waals surface area contributed by atoms with E-state index in [-0.39, 0.29) is 0 Å². The molecular formula is C13H15BrN2. The Morgan fingerprint density at radius 3 is 2.94 bits per heavy atom. The molecule has 2 heterocycles. The number of hydrogen-bond donors (Lipinski definition) is 2. The van der Waals surface area contributed by atoms with Crippen LogP contribution in [0, 0.1) is 5.92 Å². The van der Waals surface area contributed by atoms with Crippen molar-refractivity contribution in [2.45, 2.75) is 19.4 Å². The van der Waals surface area contributed by atoms with Crippen LogP contribution in [-0.2, 0) is 0 Å². The van der Waals surface area contributed by atoms with Crippen molar-refractivity contribution in [3.63, 3.8) is 0 Å². The smallest absolute Gasteiger partial charge is 0.0476 e. The van der Waals surface area contributed by atoms with Crippen molar-refractivity contribution >= 4 is 26.8 Å². The number of aromatic nitrogens is 1. The summed E-state index contributed by atoms with van der Waals surface area (Å²) < 4.78 is 1.13. The minimum Gasteiger partial charge on any atom is -0.357 e. The van der Waals surface area contributed by atoms with Crippen molar-refractivity contribution < 1.29 is 0 Å². The fraction of sp³-hybridized carbons (Fsp3) is 0.385. The molecule has 84 valence electrons. The number of hydrogen-bond acceptors (Lipinski definition) is 1. The minimum absolute atomic E-state index is 0.501. The molecular weight excluding hydrogens is 264 g/mol. The fourth-order valence-electron chi connectivity index (χ4n) is 2.46. The molecule has 0 amide bonds. The van der Waals surface area contributed by atoms with Gasteiger partial charge in [-0.15, -0.1) is 0 Å². The molecule has 2 nitrogen and oxygen atoms in total. The number of aromatic amines is 1. The van der Waals surface area contributed by atoms with Crippen LogP contribution in [0.5, 0.6) is 0 Å². The number of H-pyrrole nitrogens is 1. The van der Waals surface area contributed by atoms with Gasteiger partial charge in [-0.3, -0.25) is 0 Å². The van der Waals surface area contributed by atoms with Crippen LogP contribution in [0.4, 0.5) is 0 Å². The van der Waals surface area contributed by atoms with Gasteiger partial charge in [0.25, 0.3) is 0 Å². The van der Waals surface area contributed by atoms with E-state index in [1.54, 1.807) is 0 Å². The molecule has 3 heteroatoms. The van der Waals surface area contributed by atoms with Crippen LogP contribution in [0.15, 0.2) is 28.7 Å². The number of benzene rings is 1. The second-order valence-corrected chi connectivity index (χ2v) is 5.67. The first-order chi connectivity index (χ1) is 7.72. The van der Waals surface area contributed by atoms with Gasteiger partial charge in [-0.25, -0.2) is 0 Å². The number of nitrogens with one attached hydrogen (secondary N) is 2. The summed E-state index contributed by atoms with van der Waals surface area (Å²) >= 11 is 3.50. The summed E-state index contributed by atoms with van der Waals surface area (Å²) in [6.07, 6.45) is 1.23. The molecule has 2 aromatic rings. The third-order valence-electron chi connectivity index (χ3n) is 3.33. The topological polar surface area (TPSA) is 27.8 Å². The Bertz CT molecular complexity index is 518. The molecule has 16 heavy (non-hydrogen) atoms. The molecule has 0 radical (unpaired) electrons. The van der Waals surface area contributed by atoms with E-state index < -0.39 is 0 Å². The highest BCUT2D eigenvalue weighted by atomic mass is 79.9. The first-order valence-electron chi connectivity index (χ1n) is 5.74.